The van der Waals surface area contributed by atoms with Crippen molar-refractivity contribution in [3.8, 4) is 11.5 Å². The number of aryl methyl sites for hydroxylation is 2. The third kappa shape index (κ3) is 3.52. The number of likely N-dealkylation sites (tertiary alicyclic amines) is 1. The lowest BCUT2D eigenvalue weighted by atomic mass is 10.1. The van der Waals surface area contributed by atoms with E-state index in [0.717, 1.165) is 41.7 Å². The number of aromatic amines is 1. The van der Waals surface area contributed by atoms with E-state index in [4.69, 9.17) is 11.6 Å². The Morgan fingerprint density at radius 1 is 1.43 bits per heavy atom. The van der Waals surface area contributed by atoms with Crippen LogP contribution in [-0.2, 0) is 4.79 Å². The van der Waals surface area contributed by atoms with Crippen LogP contribution in [0, 0.1) is 13.8 Å². The normalized spacial score (nSPS) is 17.7. The van der Waals surface area contributed by atoms with Gasteiger partial charge >= 0.3 is 0 Å². The van der Waals surface area contributed by atoms with E-state index in [9.17, 15) is 4.79 Å². The molecule has 0 radical (unpaired) electrons. The minimum Gasteiger partial charge on any atom is -0.342 e. The molecule has 3 rings (SSSR count). The number of hydrogen-bond acceptors (Lipinski definition) is 4. The number of alkyl halides is 1. The zero-order valence-corrected chi connectivity index (χ0v) is 14.1. The van der Waals surface area contributed by atoms with Gasteiger partial charge in [-0.15, -0.1) is 11.6 Å². The first-order valence-electron chi connectivity index (χ1n) is 7.78. The van der Waals surface area contributed by atoms with Crippen molar-refractivity contribution in [3.63, 3.8) is 0 Å². The molecule has 1 aliphatic rings. The number of halogens is 1. The van der Waals surface area contributed by atoms with Crippen molar-refractivity contribution >= 4 is 17.5 Å². The number of amides is 1. The Hall–Kier alpha value is -1.95. The van der Waals surface area contributed by atoms with Crippen LogP contribution in [0.4, 0.5) is 0 Å². The molecule has 7 heteroatoms. The van der Waals surface area contributed by atoms with Crippen molar-refractivity contribution in [2.75, 3.05) is 19.0 Å². The highest BCUT2D eigenvalue weighted by atomic mass is 35.5. The Bertz CT molecular complexity index is 714. The average Bonchev–Trinajstić information content (AvgIpc) is 3.16. The number of aromatic nitrogens is 4. The third-order valence-corrected chi connectivity index (χ3v) is 4.22. The number of nitrogens with one attached hydrogen (secondary N) is 1. The summed E-state index contributed by atoms with van der Waals surface area (Å²) in [7, 11) is 0. The van der Waals surface area contributed by atoms with Crippen molar-refractivity contribution in [3.05, 3.63) is 29.5 Å². The minimum atomic E-state index is 0.108. The van der Waals surface area contributed by atoms with Gasteiger partial charge in [-0.1, -0.05) is 0 Å². The highest BCUT2D eigenvalue weighted by Crippen LogP contribution is 2.27. The van der Waals surface area contributed by atoms with Gasteiger partial charge in [0.1, 0.15) is 11.5 Å². The van der Waals surface area contributed by atoms with E-state index in [1.54, 1.807) is 6.20 Å². The first-order valence-corrected chi connectivity index (χ1v) is 8.31. The number of nitrogens with zero attached hydrogens (tertiary/aromatic N) is 4. The number of carbonyl (C=O) groups is 1. The van der Waals surface area contributed by atoms with Gasteiger partial charge in [-0.2, -0.15) is 0 Å². The lowest BCUT2D eigenvalue weighted by Gasteiger charge is -2.15. The van der Waals surface area contributed by atoms with Crippen LogP contribution in [0.25, 0.3) is 11.5 Å². The summed E-state index contributed by atoms with van der Waals surface area (Å²) in [5.41, 5.74) is 2.70. The standard InChI is InChI=1S/C16H20ClN5O/c1-10-7-13(16-18-8-11(2)20-16)21-15(19-10)12-4-6-22(9-12)14(23)3-5-17/h7-8,12H,3-6,9H2,1-2H3,(H,18,20). The number of rotatable bonds is 4. The molecule has 1 atom stereocenters. The van der Waals surface area contributed by atoms with E-state index < -0.39 is 0 Å². The van der Waals surface area contributed by atoms with Gasteiger partial charge in [0.25, 0.3) is 0 Å². The van der Waals surface area contributed by atoms with Gasteiger partial charge in [0.15, 0.2) is 5.82 Å². The number of hydrogen-bond donors (Lipinski definition) is 1. The summed E-state index contributed by atoms with van der Waals surface area (Å²) in [6.07, 6.45) is 3.06. The number of H-pyrrole nitrogens is 1. The summed E-state index contributed by atoms with van der Waals surface area (Å²) >= 11 is 5.66. The Balaban J connectivity index is 1.81. The molecule has 1 saturated heterocycles. The van der Waals surface area contributed by atoms with Gasteiger partial charge in [-0.05, 0) is 26.3 Å². The first-order chi connectivity index (χ1) is 11.1. The Morgan fingerprint density at radius 3 is 2.96 bits per heavy atom. The Kier molecular flexibility index (Phi) is 4.61. The highest BCUT2D eigenvalue weighted by molar-refractivity contribution is 6.18. The Labute approximate surface area is 140 Å². The molecule has 0 aromatic carbocycles. The van der Waals surface area contributed by atoms with Crippen LogP contribution >= 0.6 is 11.6 Å². The topological polar surface area (TPSA) is 74.8 Å². The van der Waals surface area contributed by atoms with Crippen molar-refractivity contribution < 1.29 is 4.79 Å². The molecular formula is C16H20ClN5O. The maximum absolute atomic E-state index is 12.0. The molecule has 0 aliphatic carbocycles. The van der Waals surface area contributed by atoms with Gasteiger partial charge in [-0.25, -0.2) is 15.0 Å². The van der Waals surface area contributed by atoms with Gasteiger partial charge in [-0.3, -0.25) is 4.79 Å². The fourth-order valence-electron chi connectivity index (χ4n) is 2.87. The van der Waals surface area contributed by atoms with Crippen LogP contribution < -0.4 is 0 Å². The second-order valence-corrected chi connectivity index (χ2v) is 6.31. The van der Waals surface area contributed by atoms with Crippen LogP contribution in [0.5, 0.6) is 0 Å². The van der Waals surface area contributed by atoms with Crippen molar-refractivity contribution in [1.29, 1.82) is 0 Å². The summed E-state index contributed by atoms with van der Waals surface area (Å²) in [5.74, 6) is 2.18. The largest absolute Gasteiger partial charge is 0.342 e. The molecule has 1 fully saturated rings. The van der Waals surface area contributed by atoms with Crippen molar-refractivity contribution in [2.24, 2.45) is 0 Å². The molecule has 1 amide bonds. The molecule has 6 nitrogen and oxygen atoms in total. The average molecular weight is 334 g/mol. The molecule has 2 aromatic heterocycles. The molecular weight excluding hydrogens is 314 g/mol. The lowest BCUT2D eigenvalue weighted by molar-refractivity contribution is -0.129. The smallest absolute Gasteiger partial charge is 0.223 e. The maximum Gasteiger partial charge on any atom is 0.223 e. The zero-order chi connectivity index (χ0) is 16.4. The third-order valence-electron chi connectivity index (χ3n) is 4.03. The molecule has 0 bridgehead atoms. The Morgan fingerprint density at radius 2 is 2.26 bits per heavy atom. The SMILES string of the molecule is Cc1cc(-c2ncc(C)[nH]2)nc(C2CCN(C(=O)CCCl)C2)n1. The van der Waals surface area contributed by atoms with Crippen LogP contribution in [0.3, 0.4) is 0 Å². The molecule has 0 saturated carbocycles. The van der Waals surface area contributed by atoms with Crippen molar-refractivity contribution in [1.82, 2.24) is 24.8 Å². The van der Waals surface area contributed by atoms with Gasteiger partial charge in [0.2, 0.25) is 5.91 Å². The van der Waals surface area contributed by atoms with E-state index in [0.29, 0.717) is 18.8 Å². The van der Waals surface area contributed by atoms with Gasteiger partial charge in [0, 0.05) is 48.9 Å². The summed E-state index contributed by atoms with van der Waals surface area (Å²) < 4.78 is 0. The van der Waals surface area contributed by atoms with E-state index in [2.05, 4.69) is 19.9 Å². The second-order valence-electron chi connectivity index (χ2n) is 5.93. The quantitative estimate of drug-likeness (QED) is 0.872. The fourth-order valence-corrected chi connectivity index (χ4v) is 3.04. The van der Waals surface area contributed by atoms with Crippen LogP contribution in [0.2, 0.25) is 0 Å². The van der Waals surface area contributed by atoms with Crippen LogP contribution in [0.1, 0.15) is 36.0 Å². The molecule has 1 aliphatic heterocycles. The molecule has 1 unspecified atom stereocenters. The number of carbonyl (C=O) groups excluding carboxylic acids is 1. The van der Waals surface area contributed by atoms with E-state index in [1.165, 1.54) is 0 Å². The summed E-state index contributed by atoms with van der Waals surface area (Å²) in [6, 6.07) is 1.92. The lowest BCUT2D eigenvalue weighted by Crippen LogP contribution is -2.28. The first kappa shape index (κ1) is 15.9. The number of imidazole rings is 1. The predicted octanol–water partition coefficient (Wildman–Crippen LogP) is 2.43. The van der Waals surface area contributed by atoms with Gasteiger partial charge < -0.3 is 9.88 Å². The zero-order valence-electron chi connectivity index (χ0n) is 13.3. The van der Waals surface area contributed by atoms with Crippen molar-refractivity contribution in [2.45, 2.75) is 32.6 Å². The van der Waals surface area contributed by atoms with E-state index in [-0.39, 0.29) is 11.8 Å². The molecule has 122 valence electrons. The van der Waals surface area contributed by atoms with E-state index in [1.807, 2.05) is 24.8 Å². The minimum absolute atomic E-state index is 0.108. The fraction of sp³-hybridized carbons (Fsp3) is 0.500. The summed E-state index contributed by atoms with van der Waals surface area (Å²) in [6.45, 7) is 5.32. The molecule has 1 N–H and O–H groups in total. The predicted molar refractivity (Wildman–Crippen MR) is 88.4 cm³/mol. The van der Waals surface area contributed by atoms with E-state index >= 15 is 0 Å². The molecule has 2 aromatic rings. The summed E-state index contributed by atoms with van der Waals surface area (Å²) in [5, 5.41) is 0. The summed E-state index contributed by atoms with van der Waals surface area (Å²) in [4.78, 5) is 30.6. The van der Waals surface area contributed by atoms with Gasteiger partial charge in [0.05, 0.1) is 0 Å². The molecule has 23 heavy (non-hydrogen) atoms. The monoisotopic (exact) mass is 333 g/mol. The molecule has 0 spiro atoms. The second kappa shape index (κ2) is 6.66. The highest BCUT2D eigenvalue weighted by Gasteiger charge is 2.29. The molecule has 3 heterocycles. The maximum atomic E-state index is 12.0. The van der Waals surface area contributed by atoms with Crippen LogP contribution in [0.15, 0.2) is 12.3 Å². The van der Waals surface area contributed by atoms with Crippen LogP contribution in [-0.4, -0.2) is 49.7 Å².